The van der Waals surface area contributed by atoms with Crippen LogP contribution in [0.5, 0.6) is 0 Å². The highest BCUT2D eigenvalue weighted by Gasteiger charge is 2.36. The normalized spacial score (nSPS) is 25.7. The summed E-state index contributed by atoms with van der Waals surface area (Å²) in [4.78, 5) is 28.3. The molecule has 6 nitrogen and oxygen atoms in total. The highest BCUT2D eigenvalue weighted by molar-refractivity contribution is 5.79. The smallest absolute Gasteiger partial charge is 0.224 e. The molecule has 0 aromatic heterocycles. The summed E-state index contributed by atoms with van der Waals surface area (Å²) in [6, 6.07) is 0. The first-order valence-electron chi connectivity index (χ1n) is 9.25. The molecule has 138 valence electrons. The summed E-state index contributed by atoms with van der Waals surface area (Å²) in [6.45, 7) is 3.34. The second kappa shape index (κ2) is 9.37. The van der Waals surface area contributed by atoms with Crippen molar-refractivity contribution in [3.63, 3.8) is 0 Å². The van der Waals surface area contributed by atoms with Gasteiger partial charge in [-0.1, -0.05) is 6.42 Å². The first kappa shape index (κ1) is 19.2. The number of hydrogen-bond acceptors (Lipinski definition) is 4. The Morgan fingerprint density at radius 2 is 2.08 bits per heavy atom. The van der Waals surface area contributed by atoms with Crippen molar-refractivity contribution in [3.05, 3.63) is 0 Å². The Morgan fingerprint density at radius 1 is 1.25 bits per heavy atom. The molecule has 2 amide bonds. The van der Waals surface area contributed by atoms with E-state index in [1.54, 1.807) is 7.11 Å². The van der Waals surface area contributed by atoms with Crippen LogP contribution >= 0.6 is 0 Å². The summed E-state index contributed by atoms with van der Waals surface area (Å²) in [7, 11) is 1.66. The van der Waals surface area contributed by atoms with Gasteiger partial charge in [0.25, 0.3) is 0 Å². The third-order valence-corrected chi connectivity index (χ3v) is 5.45. The van der Waals surface area contributed by atoms with Gasteiger partial charge < -0.3 is 19.6 Å². The van der Waals surface area contributed by atoms with Crippen LogP contribution in [0.25, 0.3) is 0 Å². The maximum Gasteiger partial charge on any atom is 0.224 e. The van der Waals surface area contributed by atoms with E-state index in [2.05, 4.69) is 0 Å². The molecule has 0 spiro atoms. The van der Waals surface area contributed by atoms with Gasteiger partial charge in [-0.05, 0) is 32.1 Å². The zero-order chi connectivity index (χ0) is 17.4. The maximum atomic E-state index is 12.6. The van der Waals surface area contributed by atoms with E-state index in [0.29, 0.717) is 32.5 Å². The van der Waals surface area contributed by atoms with Crippen molar-refractivity contribution in [2.75, 3.05) is 46.5 Å². The number of nitrogens with zero attached hydrogens (tertiary/aromatic N) is 2. The number of aliphatic hydroxyl groups is 1. The van der Waals surface area contributed by atoms with Crippen molar-refractivity contribution in [2.24, 2.45) is 5.41 Å². The summed E-state index contributed by atoms with van der Waals surface area (Å²) in [5.41, 5.74) is -0.234. The van der Waals surface area contributed by atoms with Crippen LogP contribution < -0.4 is 0 Å². The standard InChI is InChI=1S/C18H32N2O4/c1-24-13-9-18(15-21)8-5-11-20(14-18)17(23)7-12-19-10-4-2-3-6-16(19)22/h21H,2-15H2,1H3. The van der Waals surface area contributed by atoms with Gasteiger partial charge >= 0.3 is 0 Å². The molecule has 0 saturated carbocycles. The highest BCUT2D eigenvalue weighted by atomic mass is 16.5. The minimum atomic E-state index is -0.234. The van der Waals surface area contributed by atoms with Gasteiger partial charge in [-0.2, -0.15) is 0 Å². The summed E-state index contributed by atoms with van der Waals surface area (Å²) in [5, 5.41) is 9.82. The Labute approximate surface area is 145 Å². The minimum Gasteiger partial charge on any atom is -0.396 e. The van der Waals surface area contributed by atoms with Crippen molar-refractivity contribution in [1.82, 2.24) is 9.80 Å². The Kier molecular flexibility index (Phi) is 7.49. The fraction of sp³-hybridized carbons (Fsp3) is 0.889. The summed E-state index contributed by atoms with van der Waals surface area (Å²) in [6.07, 6.45) is 6.72. The van der Waals surface area contributed by atoms with Crippen molar-refractivity contribution in [1.29, 1.82) is 0 Å². The van der Waals surface area contributed by atoms with Gasteiger partial charge in [-0.3, -0.25) is 9.59 Å². The van der Waals surface area contributed by atoms with Crippen LogP contribution in [0.15, 0.2) is 0 Å². The second-order valence-electron chi connectivity index (χ2n) is 7.26. The Morgan fingerprint density at radius 3 is 2.83 bits per heavy atom. The third-order valence-electron chi connectivity index (χ3n) is 5.45. The van der Waals surface area contributed by atoms with Gasteiger partial charge in [0.1, 0.15) is 0 Å². The molecular weight excluding hydrogens is 308 g/mol. The van der Waals surface area contributed by atoms with Gasteiger partial charge in [0.15, 0.2) is 0 Å². The van der Waals surface area contributed by atoms with Crippen molar-refractivity contribution in [2.45, 2.75) is 51.4 Å². The molecule has 0 aromatic carbocycles. The van der Waals surface area contributed by atoms with Crippen LogP contribution in [0.4, 0.5) is 0 Å². The van der Waals surface area contributed by atoms with E-state index >= 15 is 0 Å². The molecule has 2 fully saturated rings. The minimum absolute atomic E-state index is 0.0880. The Balaban J connectivity index is 1.85. The quantitative estimate of drug-likeness (QED) is 0.761. The molecule has 2 saturated heterocycles. The number of rotatable bonds is 7. The van der Waals surface area contributed by atoms with Crippen molar-refractivity contribution < 1.29 is 19.4 Å². The van der Waals surface area contributed by atoms with E-state index in [0.717, 1.165) is 51.6 Å². The largest absolute Gasteiger partial charge is 0.396 e. The lowest BCUT2D eigenvalue weighted by atomic mass is 9.78. The molecule has 2 aliphatic heterocycles. The molecule has 1 unspecified atom stereocenters. The number of hydrogen-bond donors (Lipinski definition) is 1. The Hall–Kier alpha value is -1.14. The molecule has 0 aliphatic carbocycles. The number of methoxy groups -OCH3 is 1. The lowest BCUT2D eigenvalue weighted by Crippen LogP contribution is -2.49. The van der Waals surface area contributed by atoms with E-state index in [1.165, 1.54) is 0 Å². The number of aliphatic hydroxyl groups excluding tert-OH is 1. The van der Waals surface area contributed by atoms with Gasteiger partial charge in [-0.25, -0.2) is 0 Å². The predicted molar refractivity (Wildman–Crippen MR) is 91.5 cm³/mol. The molecule has 0 radical (unpaired) electrons. The van der Waals surface area contributed by atoms with Gasteiger partial charge in [0, 0.05) is 58.2 Å². The lowest BCUT2D eigenvalue weighted by molar-refractivity contribution is -0.137. The number of amides is 2. The summed E-state index contributed by atoms with van der Waals surface area (Å²) in [5.74, 6) is 0.283. The summed E-state index contributed by atoms with van der Waals surface area (Å²) < 4.78 is 5.16. The van der Waals surface area contributed by atoms with Gasteiger partial charge in [0.2, 0.25) is 11.8 Å². The zero-order valence-corrected chi connectivity index (χ0v) is 15.0. The van der Waals surface area contributed by atoms with Crippen LogP contribution in [-0.2, 0) is 14.3 Å². The maximum absolute atomic E-state index is 12.6. The molecular formula is C18H32N2O4. The first-order valence-corrected chi connectivity index (χ1v) is 9.25. The molecule has 0 aromatic rings. The van der Waals surface area contributed by atoms with Gasteiger partial charge in [0.05, 0.1) is 6.61 Å². The van der Waals surface area contributed by atoms with E-state index in [-0.39, 0.29) is 23.8 Å². The van der Waals surface area contributed by atoms with Crippen LogP contribution in [0.1, 0.15) is 51.4 Å². The first-order chi connectivity index (χ1) is 11.6. The molecule has 2 heterocycles. The molecule has 2 rings (SSSR count). The van der Waals surface area contributed by atoms with E-state index in [1.807, 2.05) is 9.80 Å². The number of carbonyl (C=O) groups is 2. The fourth-order valence-corrected chi connectivity index (χ4v) is 3.82. The average molecular weight is 340 g/mol. The van der Waals surface area contributed by atoms with Crippen molar-refractivity contribution in [3.8, 4) is 0 Å². The number of ether oxygens (including phenoxy) is 1. The molecule has 0 bridgehead atoms. The van der Waals surface area contributed by atoms with Crippen LogP contribution in [0.2, 0.25) is 0 Å². The number of carbonyl (C=O) groups excluding carboxylic acids is 2. The third kappa shape index (κ3) is 5.18. The molecule has 24 heavy (non-hydrogen) atoms. The van der Waals surface area contributed by atoms with Crippen LogP contribution in [-0.4, -0.2) is 73.2 Å². The molecule has 1 atom stereocenters. The monoisotopic (exact) mass is 340 g/mol. The zero-order valence-electron chi connectivity index (χ0n) is 15.0. The lowest BCUT2D eigenvalue weighted by Gasteiger charge is -2.42. The van der Waals surface area contributed by atoms with Crippen LogP contribution in [0, 0.1) is 5.41 Å². The van der Waals surface area contributed by atoms with E-state index < -0.39 is 0 Å². The average Bonchev–Trinajstić information content (AvgIpc) is 2.82. The van der Waals surface area contributed by atoms with E-state index in [4.69, 9.17) is 4.74 Å². The van der Waals surface area contributed by atoms with Crippen molar-refractivity contribution >= 4 is 11.8 Å². The van der Waals surface area contributed by atoms with Crippen LogP contribution in [0.3, 0.4) is 0 Å². The highest BCUT2D eigenvalue weighted by Crippen LogP contribution is 2.33. The topological polar surface area (TPSA) is 70.1 Å². The predicted octanol–water partition coefficient (Wildman–Crippen LogP) is 1.42. The molecule has 6 heteroatoms. The molecule has 1 N–H and O–H groups in total. The number of likely N-dealkylation sites (tertiary alicyclic amines) is 2. The summed E-state index contributed by atoms with van der Waals surface area (Å²) >= 11 is 0. The van der Waals surface area contributed by atoms with E-state index in [9.17, 15) is 14.7 Å². The van der Waals surface area contributed by atoms with Gasteiger partial charge in [-0.15, -0.1) is 0 Å². The molecule has 2 aliphatic rings. The second-order valence-corrected chi connectivity index (χ2v) is 7.26. The Bertz CT molecular complexity index is 429. The number of piperidine rings is 1. The fourth-order valence-electron chi connectivity index (χ4n) is 3.82. The SMILES string of the molecule is COCCC1(CO)CCCN(C(=O)CCN2CCCCCC2=O)C1.